The smallest absolute Gasteiger partial charge is 0.142 e. The quantitative estimate of drug-likeness (QED) is 0.792. The van der Waals surface area contributed by atoms with E-state index in [-0.39, 0.29) is 10.6 Å². The second-order valence-corrected chi connectivity index (χ2v) is 5.90. The summed E-state index contributed by atoms with van der Waals surface area (Å²) >= 11 is 5.54. The van der Waals surface area contributed by atoms with Crippen LogP contribution in [0.5, 0.6) is 0 Å². The van der Waals surface area contributed by atoms with Gasteiger partial charge in [0.05, 0.1) is 5.02 Å². The number of halogens is 3. The average molecular weight is 310 g/mol. The van der Waals surface area contributed by atoms with Crippen molar-refractivity contribution < 1.29 is 8.78 Å². The summed E-state index contributed by atoms with van der Waals surface area (Å²) in [6.45, 7) is 4.24. The Morgan fingerprint density at radius 2 is 1.67 bits per heavy atom. The minimum Gasteiger partial charge on any atom is -0.324 e. The zero-order valence-electron chi connectivity index (χ0n) is 12.0. The van der Waals surface area contributed by atoms with Crippen molar-refractivity contribution in [2.24, 2.45) is 5.73 Å². The van der Waals surface area contributed by atoms with Crippen LogP contribution < -0.4 is 5.73 Å². The topological polar surface area (TPSA) is 26.0 Å². The number of hydrogen-bond acceptors (Lipinski definition) is 1. The fourth-order valence-electron chi connectivity index (χ4n) is 2.22. The number of hydrogen-bond donors (Lipinski definition) is 1. The molecule has 21 heavy (non-hydrogen) atoms. The van der Waals surface area contributed by atoms with Crippen LogP contribution in [0.1, 0.15) is 42.5 Å². The molecule has 2 aromatic rings. The first-order valence-corrected chi connectivity index (χ1v) is 7.25. The molecule has 0 aliphatic carbocycles. The first kappa shape index (κ1) is 15.9. The molecule has 0 aliphatic rings. The van der Waals surface area contributed by atoms with Crippen LogP contribution in [0, 0.1) is 11.6 Å². The maximum absolute atomic E-state index is 13.8. The summed E-state index contributed by atoms with van der Waals surface area (Å²) in [7, 11) is 0. The van der Waals surface area contributed by atoms with Gasteiger partial charge in [-0.2, -0.15) is 0 Å². The third-order valence-corrected chi connectivity index (χ3v) is 3.83. The molecule has 0 saturated heterocycles. The van der Waals surface area contributed by atoms with Crippen LogP contribution in [0.15, 0.2) is 36.4 Å². The monoisotopic (exact) mass is 309 g/mol. The molecule has 112 valence electrons. The van der Waals surface area contributed by atoms with Gasteiger partial charge in [0, 0.05) is 11.6 Å². The van der Waals surface area contributed by atoms with Gasteiger partial charge in [-0.15, -0.1) is 0 Å². The molecular weight excluding hydrogens is 292 g/mol. The Labute approximate surface area is 128 Å². The Bertz CT molecular complexity index is 623. The van der Waals surface area contributed by atoms with E-state index in [1.807, 2.05) is 24.3 Å². The molecule has 0 fully saturated rings. The summed E-state index contributed by atoms with van der Waals surface area (Å²) in [5, 5.41) is -0.232. The van der Waals surface area contributed by atoms with E-state index >= 15 is 0 Å². The van der Waals surface area contributed by atoms with Crippen molar-refractivity contribution in [2.75, 3.05) is 0 Å². The number of benzene rings is 2. The van der Waals surface area contributed by atoms with Crippen LogP contribution in [0.4, 0.5) is 8.78 Å². The molecule has 0 heterocycles. The SMILES string of the molecule is CC(C)c1ccc(CC(N)c2cc(F)c(Cl)cc2F)cc1. The molecule has 2 N–H and O–H groups in total. The van der Waals surface area contributed by atoms with Crippen molar-refractivity contribution in [1.82, 2.24) is 0 Å². The van der Waals surface area contributed by atoms with Crippen LogP contribution >= 0.6 is 11.6 Å². The van der Waals surface area contributed by atoms with Crippen molar-refractivity contribution in [3.63, 3.8) is 0 Å². The van der Waals surface area contributed by atoms with Crippen molar-refractivity contribution >= 4 is 11.6 Å². The molecule has 4 heteroatoms. The van der Waals surface area contributed by atoms with E-state index < -0.39 is 17.7 Å². The summed E-state index contributed by atoms with van der Waals surface area (Å²) in [6.07, 6.45) is 0.441. The largest absolute Gasteiger partial charge is 0.324 e. The average Bonchev–Trinajstić information content (AvgIpc) is 2.43. The van der Waals surface area contributed by atoms with Gasteiger partial charge in [0.25, 0.3) is 0 Å². The lowest BCUT2D eigenvalue weighted by Crippen LogP contribution is -2.15. The molecule has 0 radical (unpaired) electrons. The summed E-state index contributed by atoms with van der Waals surface area (Å²) in [5.41, 5.74) is 8.36. The van der Waals surface area contributed by atoms with Gasteiger partial charge < -0.3 is 5.73 Å². The maximum atomic E-state index is 13.8. The molecule has 1 atom stereocenters. The normalized spacial score (nSPS) is 12.7. The van der Waals surface area contributed by atoms with Crippen LogP contribution in [0.3, 0.4) is 0 Å². The molecular formula is C17H18ClF2N. The standard InChI is InChI=1S/C17H18ClF2N/c1-10(2)12-5-3-11(4-6-12)7-17(21)13-8-16(20)14(18)9-15(13)19/h3-6,8-10,17H,7,21H2,1-2H3. The van der Waals surface area contributed by atoms with Crippen LogP contribution in [0.2, 0.25) is 5.02 Å². The number of nitrogens with two attached hydrogens (primary N) is 1. The van der Waals surface area contributed by atoms with E-state index in [0.717, 1.165) is 17.7 Å². The molecule has 0 bridgehead atoms. The summed E-state index contributed by atoms with van der Waals surface area (Å²) in [6, 6.07) is 9.44. The second kappa shape index (κ2) is 6.54. The molecule has 2 rings (SSSR count). The fourth-order valence-corrected chi connectivity index (χ4v) is 2.37. The minimum absolute atomic E-state index is 0.143. The molecule has 0 aromatic heterocycles. The summed E-state index contributed by atoms with van der Waals surface area (Å²) in [4.78, 5) is 0. The van der Waals surface area contributed by atoms with Gasteiger partial charge in [-0.25, -0.2) is 8.78 Å². The summed E-state index contributed by atoms with van der Waals surface area (Å²) < 4.78 is 27.3. The van der Waals surface area contributed by atoms with Gasteiger partial charge >= 0.3 is 0 Å². The maximum Gasteiger partial charge on any atom is 0.142 e. The minimum atomic E-state index is -0.654. The lowest BCUT2D eigenvalue weighted by Gasteiger charge is -2.14. The van der Waals surface area contributed by atoms with Gasteiger partial charge in [0.1, 0.15) is 11.6 Å². The first-order chi connectivity index (χ1) is 9.88. The highest BCUT2D eigenvalue weighted by molar-refractivity contribution is 6.30. The van der Waals surface area contributed by atoms with Gasteiger partial charge in [-0.3, -0.25) is 0 Å². The van der Waals surface area contributed by atoms with E-state index in [1.165, 1.54) is 5.56 Å². The van der Waals surface area contributed by atoms with Crippen LogP contribution in [0.25, 0.3) is 0 Å². The highest BCUT2D eigenvalue weighted by Crippen LogP contribution is 2.25. The van der Waals surface area contributed by atoms with Crippen LogP contribution in [-0.4, -0.2) is 0 Å². The Morgan fingerprint density at radius 3 is 2.24 bits per heavy atom. The van der Waals surface area contributed by atoms with Crippen molar-refractivity contribution in [3.05, 3.63) is 69.7 Å². The van der Waals surface area contributed by atoms with E-state index in [2.05, 4.69) is 13.8 Å². The van der Waals surface area contributed by atoms with Crippen molar-refractivity contribution in [2.45, 2.75) is 32.2 Å². The van der Waals surface area contributed by atoms with E-state index in [0.29, 0.717) is 12.3 Å². The molecule has 0 amide bonds. The lowest BCUT2D eigenvalue weighted by atomic mass is 9.96. The van der Waals surface area contributed by atoms with Gasteiger partial charge in [0.15, 0.2) is 0 Å². The highest BCUT2D eigenvalue weighted by Gasteiger charge is 2.15. The lowest BCUT2D eigenvalue weighted by molar-refractivity contribution is 0.561. The Morgan fingerprint density at radius 1 is 1.05 bits per heavy atom. The number of rotatable bonds is 4. The van der Waals surface area contributed by atoms with Crippen molar-refractivity contribution in [1.29, 1.82) is 0 Å². The molecule has 1 nitrogen and oxygen atoms in total. The highest BCUT2D eigenvalue weighted by atomic mass is 35.5. The van der Waals surface area contributed by atoms with Gasteiger partial charge in [-0.05, 0) is 35.6 Å². The van der Waals surface area contributed by atoms with Gasteiger partial charge in [0.2, 0.25) is 0 Å². The predicted molar refractivity (Wildman–Crippen MR) is 82.5 cm³/mol. The molecule has 1 unspecified atom stereocenters. The third kappa shape index (κ3) is 3.80. The predicted octanol–water partition coefficient (Wildman–Crippen LogP) is 4.98. The summed E-state index contributed by atoms with van der Waals surface area (Å²) in [5.74, 6) is -0.776. The molecule has 0 saturated carbocycles. The van der Waals surface area contributed by atoms with E-state index in [9.17, 15) is 8.78 Å². The zero-order valence-corrected chi connectivity index (χ0v) is 12.8. The Kier molecular flexibility index (Phi) is 4.96. The zero-order chi connectivity index (χ0) is 15.6. The molecule has 2 aromatic carbocycles. The Hall–Kier alpha value is -1.45. The van der Waals surface area contributed by atoms with E-state index in [1.54, 1.807) is 0 Å². The Balaban J connectivity index is 2.17. The van der Waals surface area contributed by atoms with E-state index in [4.69, 9.17) is 17.3 Å². The molecule has 0 aliphatic heterocycles. The first-order valence-electron chi connectivity index (χ1n) is 6.87. The third-order valence-electron chi connectivity index (χ3n) is 3.54. The van der Waals surface area contributed by atoms with Crippen molar-refractivity contribution in [3.8, 4) is 0 Å². The van der Waals surface area contributed by atoms with Gasteiger partial charge in [-0.1, -0.05) is 49.7 Å². The second-order valence-electron chi connectivity index (χ2n) is 5.49. The molecule has 0 spiro atoms. The fraction of sp³-hybridized carbons (Fsp3) is 0.294. The van der Waals surface area contributed by atoms with Crippen LogP contribution in [-0.2, 0) is 6.42 Å².